The molecule has 124 valence electrons. The van der Waals surface area contributed by atoms with Gasteiger partial charge < -0.3 is 4.74 Å². The number of methoxy groups -OCH3 is 1. The Bertz CT molecular complexity index is 323. The summed E-state index contributed by atoms with van der Waals surface area (Å²) < 4.78 is 5.74. The van der Waals surface area contributed by atoms with Gasteiger partial charge in [-0.1, -0.05) is 27.7 Å². The zero-order chi connectivity index (χ0) is 16.1. The van der Waals surface area contributed by atoms with Crippen molar-refractivity contribution in [1.82, 2.24) is 4.90 Å². The third-order valence-corrected chi connectivity index (χ3v) is 4.03. The summed E-state index contributed by atoms with van der Waals surface area (Å²) in [5, 5.41) is 0. The van der Waals surface area contributed by atoms with E-state index < -0.39 is 0 Å². The number of hydrogen-bond donors (Lipinski definition) is 0. The van der Waals surface area contributed by atoms with Crippen LogP contribution in [0.3, 0.4) is 0 Å². The molecule has 1 aliphatic heterocycles. The number of carbonyl (C=O) groups excluding carboxylic acids is 1. The highest BCUT2D eigenvalue weighted by atomic mass is 17.2. The lowest BCUT2D eigenvalue weighted by Crippen LogP contribution is -2.59. The Hall–Kier alpha value is -0.490. The second-order valence-electron chi connectivity index (χ2n) is 7.40. The lowest BCUT2D eigenvalue weighted by Gasteiger charge is -2.52. The zero-order valence-electron chi connectivity index (χ0n) is 14.4. The van der Waals surface area contributed by atoms with Crippen LogP contribution in [-0.4, -0.2) is 56.7 Å². The van der Waals surface area contributed by atoms with E-state index in [-0.39, 0.29) is 22.7 Å². The number of carbonyl (C=O) groups is 1. The Morgan fingerprint density at radius 2 is 1.62 bits per heavy atom. The summed E-state index contributed by atoms with van der Waals surface area (Å²) in [6.45, 7) is 14.2. The van der Waals surface area contributed by atoms with Gasteiger partial charge in [0.25, 0.3) is 0 Å². The average molecular weight is 301 g/mol. The Morgan fingerprint density at radius 3 is 2.10 bits per heavy atom. The minimum Gasteiger partial charge on any atom is -0.380 e. The topological polar surface area (TPSA) is 48.0 Å². The van der Waals surface area contributed by atoms with Crippen molar-refractivity contribution in [2.24, 2.45) is 10.8 Å². The van der Waals surface area contributed by atoms with Crippen LogP contribution in [0.2, 0.25) is 0 Å². The molecule has 0 N–H and O–H groups in total. The van der Waals surface area contributed by atoms with Crippen LogP contribution in [0.25, 0.3) is 0 Å². The molecule has 0 aromatic rings. The summed E-state index contributed by atoms with van der Waals surface area (Å²) in [4.78, 5) is 23.3. The van der Waals surface area contributed by atoms with Crippen LogP contribution in [0.15, 0.2) is 0 Å². The molecular formula is C16H31NO4. The summed E-state index contributed by atoms with van der Waals surface area (Å²) in [6, 6.07) is 0. The van der Waals surface area contributed by atoms with Gasteiger partial charge in [0.1, 0.15) is 5.78 Å². The van der Waals surface area contributed by atoms with E-state index in [0.29, 0.717) is 19.6 Å². The van der Waals surface area contributed by atoms with E-state index in [1.807, 2.05) is 0 Å². The molecule has 0 saturated carbocycles. The number of piperidine rings is 1. The second-order valence-corrected chi connectivity index (χ2v) is 7.40. The van der Waals surface area contributed by atoms with Crippen LogP contribution in [0.5, 0.6) is 0 Å². The molecule has 0 radical (unpaired) electrons. The van der Waals surface area contributed by atoms with Gasteiger partial charge in [0, 0.05) is 44.0 Å². The average Bonchev–Trinajstić information content (AvgIpc) is 2.30. The fraction of sp³-hybridized carbons (Fsp3) is 0.938. The van der Waals surface area contributed by atoms with Crippen LogP contribution in [0.1, 0.15) is 41.0 Å². The predicted octanol–water partition coefficient (Wildman–Crippen LogP) is 2.30. The number of hydrogen-bond acceptors (Lipinski definition) is 5. The third kappa shape index (κ3) is 5.66. The van der Waals surface area contributed by atoms with E-state index in [1.165, 1.54) is 0 Å². The van der Waals surface area contributed by atoms with Gasteiger partial charge in [0.15, 0.2) is 0 Å². The number of Topliss-reactive ketones (excluding diaryl/α,β-unsaturated/α-hetero) is 1. The Labute approximate surface area is 128 Å². The first-order chi connectivity index (χ1) is 9.69. The van der Waals surface area contributed by atoms with Crippen molar-refractivity contribution >= 4 is 5.78 Å². The molecule has 5 nitrogen and oxygen atoms in total. The van der Waals surface area contributed by atoms with E-state index in [2.05, 4.69) is 32.6 Å². The maximum atomic E-state index is 10.8. The molecule has 0 spiro atoms. The Balaban J connectivity index is 2.35. The number of ketones is 1. The van der Waals surface area contributed by atoms with Gasteiger partial charge in [0.2, 0.25) is 0 Å². The minimum atomic E-state index is 0.103. The Kier molecular flexibility index (Phi) is 6.78. The summed E-state index contributed by atoms with van der Waals surface area (Å²) in [5.74, 6) is 0.115. The molecule has 1 saturated heterocycles. The van der Waals surface area contributed by atoms with Crippen molar-refractivity contribution < 1.29 is 19.3 Å². The lowest BCUT2D eigenvalue weighted by atomic mass is 9.68. The van der Waals surface area contributed by atoms with Gasteiger partial charge in [-0.2, -0.15) is 0 Å². The molecule has 0 unspecified atom stereocenters. The fourth-order valence-electron chi connectivity index (χ4n) is 3.70. The van der Waals surface area contributed by atoms with E-state index >= 15 is 0 Å². The first kappa shape index (κ1) is 18.6. The summed E-state index contributed by atoms with van der Waals surface area (Å²) in [7, 11) is 1.80. The van der Waals surface area contributed by atoms with Gasteiger partial charge >= 0.3 is 0 Å². The SMILES string of the molecule is COC1C(C)(C)CN(CCOOCCC(C)=O)CC1(C)C. The first-order valence-corrected chi connectivity index (χ1v) is 7.68. The molecule has 0 atom stereocenters. The van der Waals surface area contributed by atoms with Gasteiger partial charge in [-0.15, -0.1) is 0 Å². The van der Waals surface area contributed by atoms with Crippen molar-refractivity contribution in [3.8, 4) is 0 Å². The summed E-state index contributed by atoms with van der Waals surface area (Å²) in [5.41, 5.74) is 0.206. The quantitative estimate of drug-likeness (QED) is 0.391. The van der Waals surface area contributed by atoms with Crippen LogP contribution in [0.4, 0.5) is 0 Å². The van der Waals surface area contributed by atoms with Crippen molar-refractivity contribution in [3.05, 3.63) is 0 Å². The maximum Gasteiger partial charge on any atom is 0.132 e. The molecule has 1 fully saturated rings. The molecule has 5 heteroatoms. The van der Waals surface area contributed by atoms with Gasteiger partial charge in [-0.05, 0) is 6.92 Å². The molecule has 21 heavy (non-hydrogen) atoms. The molecule has 0 aliphatic carbocycles. The molecule has 1 heterocycles. The standard InChI is InChI=1S/C16H31NO4/c1-13(18)7-9-20-21-10-8-17-11-15(2,3)14(19-6)16(4,5)12-17/h14H,7-12H2,1-6H3. The largest absolute Gasteiger partial charge is 0.380 e. The molecule has 1 rings (SSSR count). The summed E-state index contributed by atoms with van der Waals surface area (Å²) in [6.07, 6.45) is 0.647. The van der Waals surface area contributed by atoms with Crippen molar-refractivity contribution in [2.45, 2.75) is 47.1 Å². The summed E-state index contributed by atoms with van der Waals surface area (Å²) >= 11 is 0. The third-order valence-electron chi connectivity index (χ3n) is 4.03. The van der Waals surface area contributed by atoms with E-state index in [1.54, 1.807) is 14.0 Å². The van der Waals surface area contributed by atoms with Crippen molar-refractivity contribution in [1.29, 1.82) is 0 Å². The van der Waals surface area contributed by atoms with Crippen LogP contribution < -0.4 is 0 Å². The zero-order valence-corrected chi connectivity index (χ0v) is 14.4. The highest BCUT2D eigenvalue weighted by Crippen LogP contribution is 2.41. The predicted molar refractivity (Wildman–Crippen MR) is 82.0 cm³/mol. The molecule has 0 amide bonds. The normalized spacial score (nSPS) is 22.4. The molecule has 0 aromatic heterocycles. The van der Waals surface area contributed by atoms with Crippen molar-refractivity contribution in [3.63, 3.8) is 0 Å². The van der Waals surface area contributed by atoms with E-state index in [0.717, 1.165) is 19.6 Å². The van der Waals surface area contributed by atoms with Crippen molar-refractivity contribution in [2.75, 3.05) is 40.0 Å². The molecule has 1 aliphatic rings. The monoisotopic (exact) mass is 301 g/mol. The maximum absolute atomic E-state index is 10.8. The smallest absolute Gasteiger partial charge is 0.132 e. The van der Waals surface area contributed by atoms with Crippen LogP contribution in [0, 0.1) is 10.8 Å². The number of nitrogens with zero attached hydrogens (tertiary/aromatic N) is 1. The fourth-order valence-corrected chi connectivity index (χ4v) is 3.70. The second kappa shape index (κ2) is 7.68. The van der Waals surface area contributed by atoms with Gasteiger partial charge in [-0.3, -0.25) is 9.69 Å². The Morgan fingerprint density at radius 1 is 1.10 bits per heavy atom. The van der Waals surface area contributed by atoms with Gasteiger partial charge in [0.05, 0.1) is 19.3 Å². The minimum absolute atomic E-state index is 0.103. The number of rotatable bonds is 8. The molecule has 0 bridgehead atoms. The van der Waals surface area contributed by atoms with E-state index in [4.69, 9.17) is 14.5 Å². The molecular weight excluding hydrogens is 270 g/mol. The lowest BCUT2D eigenvalue weighted by molar-refractivity contribution is -0.296. The number of likely N-dealkylation sites (tertiary alicyclic amines) is 1. The van der Waals surface area contributed by atoms with Gasteiger partial charge in [-0.25, -0.2) is 9.78 Å². The highest BCUT2D eigenvalue weighted by Gasteiger charge is 2.46. The van der Waals surface area contributed by atoms with E-state index in [9.17, 15) is 4.79 Å². The first-order valence-electron chi connectivity index (χ1n) is 7.68. The van der Waals surface area contributed by atoms with Crippen LogP contribution >= 0.6 is 0 Å². The molecule has 0 aromatic carbocycles. The highest BCUT2D eigenvalue weighted by molar-refractivity contribution is 5.75. The number of ether oxygens (including phenoxy) is 1. The van der Waals surface area contributed by atoms with Crippen LogP contribution in [-0.2, 0) is 19.3 Å².